The van der Waals surface area contributed by atoms with Crippen LogP contribution in [0.2, 0.25) is 0 Å². The third-order valence-electron chi connectivity index (χ3n) is 2.99. The van der Waals surface area contributed by atoms with Gasteiger partial charge in [0.25, 0.3) is 0 Å². The summed E-state index contributed by atoms with van der Waals surface area (Å²) in [6, 6.07) is 3.82. The lowest BCUT2D eigenvalue weighted by atomic mass is 9.87. The van der Waals surface area contributed by atoms with E-state index in [2.05, 4.69) is 34.1 Å². The molecule has 2 N–H and O–H groups in total. The molecule has 0 bridgehead atoms. The summed E-state index contributed by atoms with van der Waals surface area (Å²) in [6.45, 7) is 6.79. The molecule has 5 nitrogen and oxygen atoms in total. The molecule has 19 heavy (non-hydrogen) atoms. The van der Waals surface area contributed by atoms with Gasteiger partial charge in [0.1, 0.15) is 12.1 Å². The molecule has 2 rings (SSSR count). The van der Waals surface area contributed by atoms with Gasteiger partial charge in [-0.2, -0.15) is 0 Å². The molecular weight excluding hydrogens is 240 g/mol. The van der Waals surface area contributed by atoms with Crippen LogP contribution in [-0.2, 0) is 0 Å². The van der Waals surface area contributed by atoms with Crippen LogP contribution in [0, 0.1) is 5.41 Å². The zero-order valence-corrected chi connectivity index (χ0v) is 11.6. The minimum absolute atomic E-state index is 0.00630. The van der Waals surface area contributed by atoms with Gasteiger partial charge in [-0.25, -0.2) is 15.0 Å². The highest BCUT2D eigenvalue weighted by Gasteiger charge is 2.20. The highest BCUT2D eigenvalue weighted by Crippen LogP contribution is 2.24. The fourth-order valence-electron chi connectivity index (χ4n) is 2.23. The van der Waals surface area contributed by atoms with Crippen LogP contribution in [0.5, 0.6) is 0 Å². The molecule has 0 radical (unpaired) electrons. The van der Waals surface area contributed by atoms with Crippen LogP contribution in [0.4, 0.5) is 5.82 Å². The Morgan fingerprint density at radius 2 is 2.11 bits per heavy atom. The van der Waals surface area contributed by atoms with Crippen LogP contribution >= 0.6 is 0 Å². The summed E-state index contributed by atoms with van der Waals surface area (Å²) >= 11 is 0. The topological polar surface area (TPSA) is 70.9 Å². The highest BCUT2D eigenvalue weighted by atomic mass is 16.3. The Hall–Kier alpha value is -1.75. The van der Waals surface area contributed by atoms with Crippen molar-refractivity contribution in [3.05, 3.63) is 24.7 Å². The second-order valence-electron chi connectivity index (χ2n) is 5.67. The maximum atomic E-state index is 9.49. The van der Waals surface area contributed by atoms with Crippen molar-refractivity contribution in [3.63, 3.8) is 0 Å². The van der Waals surface area contributed by atoms with Crippen LogP contribution in [0.25, 0.3) is 11.0 Å². The normalized spacial score (nSPS) is 13.5. The number of nitrogens with zero attached hydrogens (tertiary/aromatic N) is 3. The third-order valence-corrected chi connectivity index (χ3v) is 2.99. The summed E-state index contributed by atoms with van der Waals surface area (Å²) < 4.78 is 0. The van der Waals surface area contributed by atoms with E-state index in [0.29, 0.717) is 5.65 Å². The lowest BCUT2D eigenvalue weighted by molar-refractivity contribution is 0.135. The number of fused-ring (bicyclic) bond motifs is 1. The minimum Gasteiger partial charge on any atom is -0.393 e. The van der Waals surface area contributed by atoms with Crippen molar-refractivity contribution in [2.45, 2.75) is 33.3 Å². The lowest BCUT2D eigenvalue weighted by Crippen LogP contribution is -2.27. The molecule has 2 aromatic heterocycles. The summed E-state index contributed by atoms with van der Waals surface area (Å²) in [5.74, 6) is 0.789. The first kappa shape index (κ1) is 13.7. The summed E-state index contributed by atoms with van der Waals surface area (Å²) in [7, 11) is 0. The number of nitrogens with one attached hydrogen (secondary N) is 1. The van der Waals surface area contributed by atoms with Crippen molar-refractivity contribution in [2.24, 2.45) is 5.41 Å². The van der Waals surface area contributed by atoms with Crippen molar-refractivity contribution in [3.8, 4) is 0 Å². The SMILES string of the molecule is CC(O)CC(C)(C)CNc1ncnc2ncccc12. The maximum absolute atomic E-state index is 9.49. The highest BCUT2D eigenvalue weighted by molar-refractivity contribution is 5.85. The summed E-state index contributed by atoms with van der Waals surface area (Å²) in [6.07, 6.45) is 3.66. The van der Waals surface area contributed by atoms with Crippen molar-refractivity contribution >= 4 is 16.9 Å². The summed E-state index contributed by atoms with van der Waals surface area (Å²) in [5.41, 5.74) is 0.682. The van der Waals surface area contributed by atoms with Crippen molar-refractivity contribution in [1.82, 2.24) is 15.0 Å². The average molecular weight is 260 g/mol. The number of aliphatic hydroxyl groups is 1. The van der Waals surface area contributed by atoms with Gasteiger partial charge >= 0.3 is 0 Å². The van der Waals surface area contributed by atoms with Gasteiger partial charge in [-0.15, -0.1) is 0 Å². The van der Waals surface area contributed by atoms with E-state index in [1.165, 1.54) is 6.33 Å². The van der Waals surface area contributed by atoms with Crippen LogP contribution in [0.15, 0.2) is 24.7 Å². The number of anilines is 1. The molecule has 2 heterocycles. The molecule has 0 spiro atoms. The largest absolute Gasteiger partial charge is 0.393 e. The van der Waals surface area contributed by atoms with E-state index in [1.54, 1.807) is 6.20 Å². The van der Waals surface area contributed by atoms with E-state index < -0.39 is 0 Å². The molecule has 1 unspecified atom stereocenters. The Bertz CT molecular complexity index is 549. The van der Waals surface area contributed by atoms with E-state index >= 15 is 0 Å². The molecule has 0 saturated carbocycles. The van der Waals surface area contributed by atoms with Crippen LogP contribution < -0.4 is 5.32 Å². The van der Waals surface area contributed by atoms with Gasteiger partial charge in [0, 0.05) is 12.7 Å². The predicted octanol–water partition coefficient (Wildman–Crippen LogP) is 2.23. The van der Waals surface area contributed by atoms with Crippen LogP contribution in [0.3, 0.4) is 0 Å². The average Bonchev–Trinajstić information content (AvgIpc) is 2.35. The number of pyridine rings is 1. The van der Waals surface area contributed by atoms with Gasteiger partial charge < -0.3 is 10.4 Å². The molecule has 102 valence electrons. The molecule has 0 amide bonds. The number of hydrogen-bond donors (Lipinski definition) is 2. The lowest BCUT2D eigenvalue weighted by Gasteiger charge is -2.26. The molecule has 0 aliphatic heterocycles. The van der Waals surface area contributed by atoms with E-state index in [1.807, 2.05) is 19.1 Å². The zero-order valence-electron chi connectivity index (χ0n) is 11.6. The molecule has 0 fully saturated rings. The smallest absolute Gasteiger partial charge is 0.164 e. The molecule has 1 atom stereocenters. The number of aromatic nitrogens is 3. The first-order valence-corrected chi connectivity index (χ1v) is 6.46. The summed E-state index contributed by atoms with van der Waals surface area (Å²) in [5, 5.41) is 13.7. The van der Waals surface area contributed by atoms with Crippen LogP contribution in [0.1, 0.15) is 27.2 Å². The minimum atomic E-state index is -0.305. The maximum Gasteiger partial charge on any atom is 0.164 e. The molecule has 0 saturated heterocycles. The Balaban J connectivity index is 2.14. The Labute approximate surface area is 113 Å². The Morgan fingerprint density at radius 1 is 1.32 bits per heavy atom. The molecule has 2 aromatic rings. The standard InChI is InChI=1S/C14H20N4O/c1-10(19)7-14(2,3)8-16-13-11-5-4-6-15-12(11)17-9-18-13/h4-6,9-10,19H,7-8H2,1-3H3,(H,15,16,17,18). The van der Waals surface area contributed by atoms with Crippen molar-refractivity contribution in [1.29, 1.82) is 0 Å². The van der Waals surface area contributed by atoms with Gasteiger partial charge in [-0.1, -0.05) is 13.8 Å². The quantitative estimate of drug-likeness (QED) is 0.862. The van der Waals surface area contributed by atoms with Crippen molar-refractivity contribution < 1.29 is 5.11 Å². The number of rotatable bonds is 5. The van der Waals surface area contributed by atoms with Gasteiger partial charge in [0.15, 0.2) is 5.65 Å². The third kappa shape index (κ3) is 3.61. The Morgan fingerprint density at radius 3 is 2.84 bits per heavy atom. The van der Waals surface area contributed by atoms with E-state index in [9.17, 15) is 5.11 Å². The molecule has 0 aromatic carbocycles. The van der Waals surface area contributed by atoms with Crippen LogP contribution in [-0.4, -0.2) is 32.7 Å². The van der Waals surface area contributed by atoms with Gasteiger partial charge in [-0.3, -0.25) is 0 Å². The molecule has 0 aliphatic rings. The molecular formula is C14H20N4O. The fraction of sp³-hybridized carbons (Fsp3) is 0.500. The first-order valence-electron chi connectivity index (χ1n) is 6.46. The first-order chi connectivity index (χ1) is 8.98. The van der Waals surface area contributed by atoms with Gasteiger partial charge in [-0.05, 0) is 30.9 Å². The van der Waals surface area contributed by atoms with E-state index in [-0.39, 0.29) is 11.5 Å². The molecule has 0 aliphatic carbocycles. The summed E-state index contributed by atoms with van der Waals surface area (Å²) in [4.78, 5) is 12.6. The number of aliphatic hydroxyl groups excluding tert-OH is 1. The van der Waals surface area contributed by atoms with Gasteiger partial charge in [0.05, 0.1) is 11.5 Å². The molecule has 5 heteroatoms. The van der Waals surface area contributed by atoms with E-state index in [0.717, 1.165) is 24.2 Å². The Kier molecular flexibility index (Phi) is 3.95. The monoisotopic (exact) mass is 260 g/mol. The van der Waals surface area contributed by atoms with Gasteiger partial charge in [0.2, 0.25) is 0 Å². The van der Waals surface area contributed by atoms with Crippen molar-refractivity contribution in [2.75, 3.05) is 11.9 Å². The van der Waals surface area contributed by atoms with E-state index in [4.69, 9.17) is 0 Å². The zero-order chi connectivity index (χ0) is 13.9. The second-order valence-corrected chi connectivity index (χ2v) is 5.67. The second kappa shape index (κ2) is 5.48. The number of hydrogen-bond acceptors (Lipinski definition) is 5. The predicted molar refractivity (Wildman–Crippen MR) is 75.9 cm³/mol. The fourth-order valence-corrected chi connectivity index (χ4v) is 2.23.